The van der Waals surface area contributed by atoms with E-state index in [-0.39, 0.29) is 24.6 Å². The number of rotatable bonds is 5. The van der Waals surface area contributed by atoms with Crippen LogP contribution in [0.5, 0.6) is 0 Å². The van der Waals surface area contributed by atoms with Crippen LogP contribution < -0.4 is 5.32 Å². The third kappa shape index (κ3) is 4.10. The van der Waals surface area contributed by atoms with Crippen LogP contribution in [0.3, 0.4) is 0 Å². The topological polar surface area (TPSA) is 61.9 Å². The lowest BCUT2D eigenvalue weighted by Crippen LogP contribution is -2.47. The Labute approximate surface area is 160 Å². The fourth-order valence-corrected chi connectivity index (χ4v) is 4.63. The van der Waals surface area contributed by atoms with Gasteiger partial charge in [-0.2, -0.15) is 0 Å². The highest BCUT2D eigenvalue weighted by atomic mass is 16.6. The van der Waals surface area contributed by atoms with Crippen LogP contribution in [-0.2, 0) is 16.1 Å². The zero-order chi connectivity index (χ0) is 18.7. The maximum Gasteiger partial charge on any atom is 0.410 e. The van der Waals surface area contributed by atoms with Gasteiger partial charge in [-0.3, -0.25) is 9.69 Å². The van der Waals surface area contributed by atoms with Crippen molar-refractivity contribution in [3.8, 4) is 0 Å². The van der Waals surface area contributed by atoms with Gasteiger partial charge in [0.25, 0.3) is 0 Å². The van der Waals surface area contributed by atoms with E-state index in [0.29, 0.717) is 13.1 Å². The smallest absolute Gasteiger partial charge is 0.410 e. The van der Waals surface area contributed by atoms with E-state index in [9.17, 15) is 9.59 Å². The van der Waals surface area contributed by atoms with Crippen molar-refractivity contribution < 1.29 is 14.3 Å². The first-order chi connectivity index (χ1) is 13.2. The number of nitrogens with one attached hydrogen (secondary N) is 1. The van der Waals surface area contributed by atoms with Gasteiger partial charge < -0.3 is 15.0 Å². The number of ether oxygens (including phenoxy) is 1. The van der Waals surface area contributed by atoms with Crippen LogP contribution in [0.4, 0.5) is 4.79 Å². The Morgan fingerprint density at radius 3 is 2.59 bits per heavy atom. The normalized spacial score (nSPS) is 22.2. The van der Waals surface area contributed by atoms with Crippen molar-refractivity contribution in [1.29, 1.82) is 0 Å². The molecule has 0 aromatic heterocycles. The third-order valence-corrected chi connectivity index (χ3v) is 6.16. The molecule has 3 aliphatic rings. The average Bonchev–Trinajstić information content (AvgIpc) is 3.30. The molecule has 6 nitrogen and oxygen atoms in total. The molecule has 4 rings (SSSR count). The van der Waals surface area contributed by atoms with Crippen molar-refractivity contribution in [3.05, 3.63) is 35.9 Å². The number of piperidine rings is 1. The van der Waals surface area contributed by atoms with E-state index in [1.54, 1.807) is 4.90 Å². The summed E-state index contributed by atoms with van der Waals surface area (Å²) in [5.74, 6) is 0.0358. The van der Waals surface area contributed by atoms with Gasteiger partial charge in [0.05, 0.1) is 6.54 Å². The molecule has 0 radical (unpaired) electrons. The molecule has 3 fully saturated rings. The minimum Gasteiger partial charge on any atom is -0.441 e. The Balaban J connectivity index is 1.44. The molecule has 0 bridgehead atoms. The summed E-state index contributed by atoms with van der Waals surface area (Å²) in [5.41, 5.74) is 0.733. The van der Waals surface area contributed by atoms with Crippen molar-refractivity contribution in [2.75, 3.05) is 26.2 Å². The van der Waals surface area contributed by atoms with Crippen molar-refractivity contribution in [3.63, 3.8) is 0 Å². The molecule has 1 aromatic carbocycles. The molecule has 6 heteroatoms. The molecule has 27 heavy (non-hydrogen) atoms. The number of carbonyl (C=O) groups is 2. The predicted molar refractivity (Wildman–Crippen MR) is 102 cm³/mol. The largest absolute Gasteiger partial charge is 0.441 e. The Kier molecular flexibility index (Phi) is 5.34. The molecule has 0 unspecified atom stereocenters. The molecular weight excluding hydrogens is 342 g/mol. The summed E-state index contributed by atoms with van der Waals surface area (Å²) in [6, 6.07) is 10.4. The van der Waals surface area contributed by atoms with E-state index in [2.05, 4.69) is 17.4 Å². The quantitative estimate of drug-likeness (QED) is 0.864. The molecule has 0 atom stereocenters. The number of nitrogens with zero attached hydrogens (tertiary/aromatic N) is 2. The minimum absolute atomic E-state index is 0.0358. The van der Waals surface area contributed by atoms with Gasteiger partial charge in [-0.15, -0.1) is 0 Å². The molecule has 1 spiro atoms. The van der Waals surface area contributed by atoms with E-state index >= 15 is 0 Å². The van der Waals surface area contributed by atoms with Crippen LogP contribution in [0, 0.1) is 0 Å². The van der Waals surface area contributed by atoms with Gasteiger partial charge in [-0.1, -0.05) is 43.2 Å². The summed E-state index contributed by atoms with van der Waals surface area (Å²) in [4.78, 5) is 29.2. The van der Waals surface area contributed by atoms with Gasteiger partial charge in [0, 0.05) is 25.4 Å². The Morgan fingerprint density at radius 2 is 1.89 bits per heavy atom. The Morgan fingerprint density at radius 1 is 1.19 bits per heavy atom. The van der Waals surface area contributed by atoms with Crippen LogP contribution in [0.25, 0.3) is 0 Å². The average molecular weight is 371 g/mol. The summed E-state index contributed by atoms with van der Waals surface area (Å²) < 4.78 is 5.70. The highest BCUT2D eigenvalue weighted by molar-refractivity contribution is 5.83. The minimum atomic E-state index is -0.403. The van der Waals surface area contributed by atoms with Crippen molar-refractivity contribution in [2.45, 2.75) is 56.7 Å². The van der Waals surface area contributed by atoms with Gasteiger partial charge in [-0.25, -0.2) is 4.79 Å². The molecule has 2 saturated heterocycles. The summed E-state index contributed by atoms with van der Waals surface area (Å²) in [7, 11) is 0. The second-order valence-electron chi connectivity index (χ2n) is 8.10. The van der Waals surface area contributed by atoms with Crippen molar-refractivity contribution >= 4 is 12.0 Å². The van der Waals surface area contributed by atoms with Gasteiger partial charge >= 0.3 is 6.09 Å². The molecule has 146 valence electrons. The first-order valence-electron chi connectivity index (χ1n) is 10.2. The molecule has 1 saturated carbocycles. The fraction of sp³-hybridized carbons (Fsp3) is 0.619. The van der Waals surface area contributed by atoms with Crippen LogP contribution in [-0.4, -0.2) is 59.6 Å². The Bertz CT molecular complexity index is 667. The van der Waals surface area contributed by atoms with Crippen molar-refractivity contribution in [2.24, 2.45) is 0 Å². The zero-order valence-electron chi connectivity index (χ0n) is 15.9. The van der Waals surface area contributed by atoms with Gasteiger partial charge in [0.15, 0.2) is 0 Å². The molecule has 2 heterocycles. The first kappa shape index (κ1) is 18.3. The van der Waals surface area contributed by atoms with Crippen LogP contribution in [0.15, 0.2) is 30.3 Å². The lowest BCUT2D eigenvalue weighted by molar-refractivity contribution is -0.134. The monoisotopic (exact) mass is 371 g/mol. The molecule has 1 aromatic rings. The summed E-state index contributed by atoms with van der Waals surface area (Å²) in [5, 5.41) is 3.30. The molecule has 2 amide bonds. The van der Waals surface area contributed by atoms with Gasteiger partial charge in [0.1, 0.15) is 12.1 Å². The van der Waals surface area contributed by atoms with E-state index in [1.165, 1.54) is 12.8 Å². The standard InChI is InChI=1S/C21H29N3O3/c25-19(15-23-16-21(27-20(23)26)10-12-22-13-11-21)24(18-8-4-5-9-18)14-17-6-2-1-3-7-17/h1-3,6-7,18,22H,4-5,8-16H2. The lowest BCUT2D eigenvalue weighted by Gasteiger charge is -2.32. The van der Waals surface area contributed by atoms with E-state index in [4.69, 9.17) is 4.74 Å². The van der Waals surface area contributed by atoms with Crippen LogP contribution in [0.2, 0.25) is 0 Å². The maximum atomic E-state index is 13.2. The second-order valence-corrected chi connectivity index (χ2v) is 8.10. The fourth-order valence-electron chi connectivity index (χ4n) is 4.63. The highest BCUT2D eigenvalue weighted by Crippen LogP contribution is 2.31. The van der Waals surface area contributed by atoms with Crippen LogP contribution in [0.1, 0.15) is 44.1 Å². The van der Waals surface area contributed by atoms with Gasteiger partial charge in [0.2, 0.25) is 5.91 Å². The number of carbonyl (C=O) groups excluding carboxylic acids is 2. The summed E-state index contributed by atoms with van der Waals surface area (Å²) in [6.45, 7) is 2.98. The number of hydrogen-bond donors (Lipinski definition) is 1. The SMILES string of the molecule is O=C1OC2(CCNCC2)CN1CC(=O)N(Cc1ccccc1)C1CCCC1. The number of hydrogen-bond acceptors (Lipinski definition) is 4. The Hall–Kier alpha value is -2.08. The zero-order valence-corrected chi connectivity index (χ0v) is 15.9. The van der Waals surface area contributed by atoms with E-state index in [0.717, 1.165) is 44.3 Å². The molecule has 2 aliphatic heterocycles. The summed E-state index contributed by atoms with van der Waals surface area (Å²) >= 11 is 0. The molecular formula is C21H29N3O3. The highest BCUT2D eigenvalue weighted by Gasteiger charge is 2.46. The second kappa shape index (κ2) is 7.89. The van der Waals surface area contributed by atoms with Gasteiger partial charge in [-0.05, 0) is 31.5 Å². The summed E-state index contributed by atoms with van der Waals surface area (Å²) in [6.07, 6.45) is 5.75. The molecule has 1 aliphatic carbocycles. The number of amides is 2. The van der Waals surface area contributed by atoms with Crippen molar-refractivity contribution in [1.82, 2.24) is 15.1 Å². The van der Waals surface area contributed by atoms with Crippen LogP contribution >= 0.6 is 0 Å². The predicted octanol–water partition coefficient (Wildman–Crippen LogP) is 2.53. The first-order valence-corrected chi connectivity index (χ1v) is 10.2. The maximum absolute atomic E-state index is 13.2. The molecule has 1 N–H and O–H groups in total. The lowest BCUT2D eigenvalue weighted by atomic mass is 9.92. The third-order valence-electron chi connectivity index (χ3n) is 6.16. The van der Waals surface area contributed by atoms with E-state index < -0.39 is 5.60 Å². The van der Waals surface area contributed by atoms with E-state index in [1.807, 2.05) is 23.1 Å². The number of benzene rings is 1.